The minimum atomic E-state index is -0.166. The van der Waals surface area contributed by atoms with Crippen molar-refractivity contribution in [3.8, 4) is 6.07 Å². The second-order valence-corrected chi connectivity index (χ2v) is 5.14. The maximum atomic E-state index is 9.68. The summed E-state index contributed by atoms with van der Waals surface area (Å²) in [5.41, 5.74) is -0.166. The summed E-state index contributed by atoms with van der Waals surface area (Å²) in [6, 6.07) is 2.67. The number of likely N-dealkylation sites (tertiary alicyclic amines) is 1. The van der Waals surface area contributed by atoms with E-state index in [0.717, 1.165) is 39.0 Å². The lowest BCUT2D eigenvalue weighted by atomic mass is 9.76. The predicted octanol–water partition coefficient (Wildman–Crippen LogP) is 1.75. The van der Waals surface area contributed by atoms with Crippen LogP contribution in [0.1, 0.15) is 39.0 Å². The van der Waals surface area contributed by atoms with Crippen LogP contribution >= 0.6 is 0 Å². The fourth-order valence-corrected chi connectivity index (χ4v) is 3.34. The topological polar surface area (TPSA) is 39.1 Å². The maximum Gasteiger partial charge on any atom is 0.114 e. The van der Waals surface area contributed by atoms with Gasteiger partial charge in [0.2, 0.25) is 0 Å². The molecule has 1 N–H and O–H groups in total. The van der Waals surface area contributed by atoms with E-state index in [9.17, 15) is 5.26 Å². The van der Waals surface area contributed by atoms with Gasteiger partial charge in [0, 0.05) is 12.5 Å². The van der Waals surface area contributed by atoms with Crippen LogP contribution in [-0.4, -0.2) is 36.6 Å². The van der Waals surface area contributed by atoms with E-state index in [0.29, 0.717) is 5.92 Å². The number of nitrogens with zero attached hydrogens (tertiary/aromatic N) is 2. The number of hydrogen-bond donors (Lipinski definition) is 1. The van der Waals surface area contributed by atoms with Crippen LogP contribution in [0.25, 0.3) is 0 Å². The Balaban J connectivity index is 2.17. The first-order valence-electron chi connectivity index (χ1n) is 6.70. The summed E-state index contributed by atoms with van der Waals surface area (Å²) in [5, 5.41) is 13.1. The van der Waals surface area contributed by atoms with Gasteiger partial charge < -0.3 is 5.32 Å². The second-order valence-electron chi connectivity index (χ2n) is 5.14. The molecule has 2 aliphatic rings. The van der Waals surface area contributed by atoms with Crippen molar-refractivity contribution >= 4 is 0 Å². The Kier molecular flexibility index (Phi) is 3.83. The fraction of sp³-hybridized carbons (Fsp3) is 0.923. The standard InChI is InChI=1S/C13H23N3/c1-2-12-10-15-7-6-13(12,11-14)16-8-4-3-5-9-16/h12,15H,2-10H2,1H3. The number of nitrogens with one attached hydrogen (secondary N) is 1. The molecule has 2 saturated heterocycles. The molecule has 0 amide bonds. The summed E-state index contributed by atoms with van der Waals surface area (Å²) in [6.45, 7) is 6.49. The molecule has 3 nitrogen and oxygen atoms in total. The third kappa shape index (κ3) is 1.97. The van der Waals surface area contributed by atoms with Gasteiger partial charge in [-0.25, -0.2) is 0 Å². The summed E-state index contributed by atoms with van der Waals surface area (Å²) < 4.78 is 0. The third-order valence-electron chi connectivity index (χ3n) is 4.36. The average Bonchev–Trinajstić information content (AvgIpc) is 2.39. The zero-order valence-electron chi connectivity index (χ0n) is 10.3. The highest BCUT2D eigenvalue weighted by atomic mass is 15.2. The van der Waals surface area contributed by atoms with Gasteiger partial charge in [-0.05, 0) is 45.3 Å². The Morgan fingerprint density at radius 2 is 2.12 bits per heavy atom. The van der Waals surface area contributed by atoms with Crippen molar-refractivity contribution in [1.29, 1.82) is 5.26 Å². The van der Waals surface area contributed by atoms with Crippen molar-refractivity contribution in [3.63, 3.8) is 0 Å². The molecule has 0 spiro atoms. The van der Waals surface area contributed by atoms with Gasteiger partial charge in [-0.3, -0.25) is 4.90 Å². The molecule has 0 aromatic carbocycles. The minimum Gasteiger partial charge on any atom is -0.316 e. The van der Waals surface area contributed by atoms with E-state index in [4.69, 9.17) is 0 Å². The molecule has 0 aliphatic carbocycles. The van der Waals surface area contributed by atoms with Gasteiger partial charge in [0.25, 0.3) is 0 Å². The monoisotopic (exact) mass is 221 g/mol. The quantitative estimate of drug-likeness (QED) is 0.772. The average molecular weight is 221 g/mol. The molecule has 16 heavy (non-hydrogen) atoms. The number of nitriles is 1. The van der Waals surface area contributed by atoms with Crippen LogP contribution in [0.3, 0.4) is 0 Å². The Bertz CT molecular complexity index is 265. The van der Waals surface area contributed by atoms with Crippen molar-refractivity contribution < 1.29 is 0 Å². The summed E-state index contributed by atoms with van der Waals surface area (Å²) in [5.74, 6) is 0.504. The van der Waals surface area contributed by atoms with Gasteiger partial charge in [-0.15, -0.1) is 0 Å². The molecule has 0 radical (unpaired) electrons. The van der Waals surface area contributed by atoms with Crippen molar-refractivity contribution in [3.05, 3.63) is 0 Å². The Hall–Kier alpha value is -0.590. The van der Waals surface area contributed by atoms with E-state index in [1.54, 1.807) is 0 Å². The first-order valence-corrected chi connectivity index (χ1v) is 6.70. The summed E-state index contributed by atoms with van der Waals surface area (Å²) in [6.07, 6.45) is 5.99. The zero-order chi connectivity index (χ0) is 11.4. The molecule has 2 aliphatic heterocycles. The van der Waals surface area contributed by atoms with Gasteiger partial charge in [-0.1, -0.05) is 13.3 Å². The van der Waals surface area contributed by atoms with Gasteiger partial charge in [0.15, 0.2) is 0 Å². The highest BCUT2D eigenvalue weighted by Crippen LogP contribution is 2.34. The number of piperidine rings is 2. The van der Waals surface area contributed by atoms with Crippen molar-refractivity contribution in [2.45, 2.75) is 44.6 Å². The molecule has 2 atom stereocenters. The second kappa shape index (κ2) is 5.16. The molecule has 2 heterocycles. The van der Waals surface area contributed by atoms with Crippen LogP contribution < -0.4 is 5.32 Å². The highest BCUT2D eigenvalue weighted by Gasteiger charge is 2.45. The van der Waals surface area contributed by atoms with E-state index in [1.807, 2.05) is 0 Å². The molecule has 0 saturated carbocycles. The molecular formula is C13H23N3. The molecule has 2 unspecified atom stereocenters. The lowest BCUT2D eigenvalue weighted by Gasteiger charge is -2.48. The van der Waals surface area contributed by atoms with Crippen molar-refractivity contribution in [2.24, 2.45) is 5.92 Å². The normalized spacial score (nSPS) is 36.9. The smallest absolute Gasteiger partial charge is 0.114 e. The van der Waals surface area contributed by atoms with E-state index in [-0.39, 0.29) is 5.54 Å². The van der Waals surface area contributed by atoms with Crippen LogP contribution in [0.15, 0.2) is 0 Å². The van der Waals surface area contributed by atoms with Crippen LogP contribution in [0.2, 0.25) is 0 Å². The highest BCUT2D eigenvalue weighted by molar-refractivity contribution is 5.14. The molecule has 90 valence electrons. The lowest BCUT2D eigenvalue weighted by molar-refractivity contribution is 0.0358. The van der Waals surface area contributed by atoms with E-state index < -0.39 is 0 Å². The summed E-state index contributed by atoms with van der Waals surface area (Å²) in [4.78, 5) is 2.48. The predicted molar refractivity (Wildman–Crippen MR) is 65.0 cm³/mol. The molecule has 0 aromatic heterocycles. The van der Waals surface area contributed by atoms with E-state index >= 15 is 0 Å². The summed E-state index contributed by atoms with van der Waals surface area (Å²) >= 11 is 0. The Morgan fingerprint density at radius 3 is 2.75 bits per heavy atom. The van der Waals surface area contributed by atoms with Crippen molar-refractivity contribution in [2.75, 3.05) is 26.2 Å². The molecule has 3 heteroatoms. The van der Waals surface area contributed by atoms with Crippen LogP contribution in [0.4, 0.5) is 0 Å². The first-order chi connectivity index (χ1) is 7.83. The largest absolute Gasteiger partial charge is 0.316 e. The summed E-state index contributed by atoms with van der Waals surface area (Å²) in [7, 11) is 0. The van der Waals surface area contributed by atoms with Crippen molar-refractivity contribution in [1.82, 2.24) is 10.2 Å². The molecule has 0 bridgehead atoms. The fourth-order valence-electron chi connectivity index (χ4n) is 3.34. The van der Waals surface area contributed by atoms with Crippen LogP contribution in [0, 0.1) is 17.2 Å². The van der Waals surface area contributed by atoms with Gasteiger partial charge in [0.1, 0.15) is 5.54 Å². The molecule has 0 aromatic rings. The molecule has 2 fully saturated rings. The first kappa shape index (κ1) is 11.9. The van der Waals surface area contributed by atoms with E-state index in [1.165, 1.54) is 19.3 Å². The van der Waals surface area contributed by atoms with Gasteiger partial charge in [-0.2, -0.15) is 5.26 Å². The van der Waals surface area contributed by atoms with Gasteiger partial charge >= 0.3 is 0 Å². The Labute approximate surface area is 98.8 Å². The number of rotatable bonds is 2. The Morgan fingerprint density at radius 1 is 1.38 bits per heavy atom. The van der Waals surface area contributed by atoms with Gasteiger partial charge in [0.05, 0.1) is 6.07 Å². The maximum absolute atomic E-state index is 9.68. The van der Waals surface area contributed by atoms with E-state index in [2.05, 4.69) is 23.2 Å². The number of hydrogen-bond acceptors (Lipinski definition) is 3. The SMILES string of the molecule is CCC1CNCCC1(C#N)N1CCCCC1. The lowest BCUT2D eigenvalue weighted by Crippen LogP contribution is -2.60. The van der Waals surface area contributed by atoms with Crippen LogP contribution in [0.5, 0.6) is 0 Å². The zero-order valence-corrected chi connectivity index (χ0v) is 10.3. The minimum absolute atomic E-state index is 0.166. The third-order valence-corrected chi connectivity index (χ3v) is 4.36. The molecule has 2 rings (SSSR count). The van der Waals surface area contributed by atoms with Crippen LogP contribution in [-0.2, 0) is 0 Å². The molecular weight excluding hydrogens is 198 g/mol.